The Morgan fingerprint density at radius 1 is 0.719 bits per heavy atom. The monoisotopic (exact) mass is 496 g/mol. The van der Waals surface area contributed by atoms with Crippen molar-refractivity contribution < 1.29 is 23.7 Å². The van der Waals surface area contributed by atoms with Gasteiger partial charge in [-0.15, -0.1) is 34.0 Å². The summed E-state index contributed by atoms with van der Waals surface area (Å²) < 4.78 is 19.8. The van der Waals surface area contributed by atoms with Gasteiger partial charge in [0, 0.05) is 36.4 Å². The second kappa shape index (κ2) is 15.3. The van der Waals surface area contributed by atoms with Crippen LogP contribution in [0.3, 0.4) is 0 Å². The topological polar surface area (TPSA) is 54.0 Å². The minimum absolute atomic E-state index is 0.00631. The fraction of sp³-hybridized carbons (Fsp3) is 0.458. The normalized spacial score (nSPS) is 10.6. The van der Waals surface area contributed by atoms with E-state index < -0.39 is 0 Å². The fourth-order valence-electron chi connectivity index (χ4n) is 2.51. The van der Waals surface area contributed by atoms with E-state index in [1.54, 1.807) is 7.11 Å². The van der Waals surface area contributed by atoms with E-state index in [9.17, 15) is 4.79 Å². The van der Waals surface area contributed by atoms with Crippen LogP contribution in [0.1, 0.15) is 23.1 Å². The summed E-state index contributed by atoms with van der Waals surface area (Å²) in [4.78, 5) is 19.2. The summed E-state index contributed by atoms with van der Waals surface area (Å²) >= 11 is 5.62. The summed E-state index contributed by atoms with van der Waals surface area (Å²) in [5.74, 6) is -0.325. The highest BCUT2D eigenvalue weighted by atomic mass is 32.1. The third-order valence-corrected chi connectivity index (χ3v) is 7.54. The Kier molecular flexibility index (Phi) is 12.8. The second-order valence-corrected chi connectivity index (χ2v) is 10.5. The lowest BCUT2D eigenvalue weighted by Crippen LogP contribution is -2.16. The number of hydrogen-bond acceptors (Lipinski definition) is 8. The van der Waals surface area contributed by atoms with E-state index in [1.165, 1.54) is 29.3 Å². The molecular weight excluding hydrogens is 464 g/mol. The molecule has 8 heteroatoms. The molecule has 0 aliphatic carbocycles. The first-order valence-electron chi connectivity index (χ1n) is 10.6. The Balaban J connectivity index is 0.000000230. The molecule has 0 N–H and O–H groups in total. The number of aryl methyl sites for hydroxylation is 2. The summed E-state index contributed by atoms with van der Waals surface area (Å²) in [6.07, 6.45) is 0.825. The van der Waals surface area contributed by atoms with Crippen molar-refractivity contribution in [1.29, 1.82) is 0 Å². The molecule has 0 amide bonds. The number of carbonyl (C=O) groups excluding carboxylic acids is 1. The average Bonchev–Trinajstić information content (AvgIpc) is 3.53. The molecule has 5 nitrogen and oxygen atoms in total. The van der Waals surface area contributed by atoms with Gasteiger partial charge in [-0.3, -0.25) is 0 Å². The van der Waals surface area contributed by atoms with E-state index in [-0.39, 0.29) is 12.6 Å². The van der Waals surface area contributed by atoms with Crippen LogP contribution in [-0.2, 0) is 23.7 Å². The van der Waals surface area contributed by atoms with E-state index in [4.69, 9.17) is 18.9 Å². The minimum atomic E-state index is -0.325. The van der Waals surface area contributed by atoms with Crippen LogP contribution in [0.15, 0.2) is 36.4 Å². The van der Waals surface area contributed by atoms with Gasteiger partial charge < -0.3 is 18.9 Å². The highest BCUT2D eigenvalue weighted by Gasteiger charge is 2.08. The first-order valence-corrected chi connectivity index (χ1v) is 13.0. The van der Waals surface area contributed by atoms with Crippen LogP contribution in [0.25, 0.3) is 19.5 Å². The molecule has 0 spiro atoms. The molecule has 0 aromatic carbocycles. The number of hydrogen-bond donors (Lipinski definition) is 0. The Labute approximate surface area is 202 Å². The summed E-state index contributed by atoms with van der Waals surface area (Å²) in [6, 6.07) is 13.3. The first-order chi connectivity index (χ1) is 15.5. The molecule has 0 unspecified atom stereocenters. The molecule has 176 valence electrons. The third-order valence-electron chi connectivity index (χ3n) is 4.06. The van der Waals surface area contributed by atoms with E-state index in [1.807, 2.05) is 40.9 Å². The van der Waals surface area contributed by atoms with Crippen molar-refractivity contribution in [2.45, 2.75) is 27.2 Å². The van der Waals surface area contributed by atoms with Gasteiger partial charge in [0.05, 0.1) is 33.0 Å². The van der Waals surface area contributed by atoms with Gasteiger partial charge in [-0.1, -0.05) is 6.92 Å². The maximum absolute atomic E-state index is 10.9. The Morgan fingerprint density at radius 2 is 1.22 bits per heavy atom. The predicted molar refractivity (Wildman–Crippen MR) is 135 cm³/mol. The molecule has 0 saturated carbocycles. The molecule has 0 atom stereocenters. The largest absolute Gasteiger partial charge is 0.464 e. The van der Waals surface area contributed by atoms with Gasteiger partial charge in [0.25, 0.3) is 0 Å². The van der Waals surface area contributed by atoms with Crippen LogP contribution < -0.4 is 0 Å². The highest BCUT2D eigenvalue weighted by molar-refractivity contribution is 7.26. The number of ether oxygens (including phenoxy) is 4. The molecule has 0 aliphatic heterocycles. The van der Waals surface area contributed by atoms with Crippen LogP contribution >= 0.6 is 34.0 Å². The molecule has 3 aromatic heterocycles. The van der Waals surface area contributed by atoms with Crippen molar-refractivity contribution >= 4 is 40.0 Å². The molecule has 0 saturated heterocycles. The van der Waals surface area contributed by atoms with Gasteiger partial charge in [-0.25, -0.2) is 4.79 Å². The number of esters is 1. The first kappa shape index (κ1) is 26.7. The van der Waals surface area contributed by atoms with Crippen LogP contribution in [0.4, 0.5) is 0 Å². The average molecular weight is 497 g/mol. The molecule has 0 fully saturated rings. The maximum Gasteiger partial charge on any atom is 0.332 e. The van der Waals surface area contributed by atoms with Crippen molar-refractivity contribution in [1.82, 2.24) is 0 Å². The van der Waals surface area contributed by atoms with E-state index in [2.05, 4.69) is 50.2 Å². The highest BCUT2D eigenvalue weighted by Crippen LogP contribution is 2.39. The Morgan fingerprint density at radius 3 is 1.72 bits per heavy atom. The van der Waals surface area contributed by atoms with E-state index >= 15 is 0 Å². The quantitative estimate of drug-likeness (QED) is 0.213. The molecule has 0 radical (unpaired) electrons. The smallest absolute Gasteiger partial charge is 0.332 e. The fourth-order valence-corrected chi connectivity index (χ4v) is 5.43. The van der Waals surface area contributed by atoms with Gasteiger partial charge in [0.15, 0.2) is 0 Å². The van der Waals surface area contributed by atoms with Gasteiger partial charge in [0.2, 0.25) is 0 Å². The van der Waals surface area contributed by atoms with Gasteiger partial charge >= 0.3 is 5.97 Å². The van der Waals surface area contributed by atoms with Crippen LogP contribution in [-0.4, -0.2) is 52.7 Å². The molecular formula is C24H32O5S3. The Bertz CT molecular complexity index is 858. The van der Waals surface area contributed by atoms with Gasteiger partial charge in [0.1, 0.15) is 6.61 Å². The van der Waals surface area contributed by atoms with E-state index in [0.717, 1.165) is 6.42 Å². The molecule has 32 heavy (non-hydrogen) atoms. The summed E-state index contributed by atoms with van der Waals surface area (Å²) in [6.45, 7) is 8.67. The van der Waals surface area contributed by atoms with Crippen molar-refractivity contribution in [2.75, 3.05) is 46.8 Å². The zero-order chi connectivity index (χ0) is 23.2. The van der Waals surface area contributed by atoms with Gasteiger partial charge in [-0.05, 0) is 56.7 Å². The standard InChI is InChI=1S/C14H12S3.C10H20O5/c1-9-3-5-11(15-9)13-7-8-14(17-13)12-6-4-10(2)16-12;1-3-4-15-10(11)9-14-8-7-13-6-5-12-2/h3-8H,1-2H3;3-9H2,1-2H3. The van der Waals surface area contributed by atoms with E-state index in [0.29, 0.717) is 33.0 Å². The van der Waals surface area contributed by atoms with Crippen LogP contribution in [0.5, 0.6) is 0 Å². The minimum Gasteiger partial charge on any atom is -0.464 e. The number of methoxy groups -OCH3 is 1. The lowest BCUT2D eigenvalue weighted by molar-refractivity contribution is -0.149. The van der Waals surface area contributed by atoms with Crippen LogP contribution in [0.2, 0.25) is 0 Å². The summed E-state index contributed by atoms with van der Waals surface area (Å²) in [5, 5.41) is 0. The summed E-state index contributed by atoms with van der Waals surface area (Å²) in [7, 11) is 1.61. The molecule has 3 aromatic rings. The zero-order valence-electron chi connectivity index (χ0n) is 19.2. The Hall–Kier alpha value is -1.55. The lowest BCUT2D eigenvalue weighted by Gasteiger charge is -2.05. The summed E-state index contributed by atoms with van der Waals surface area (Å²) in [5.41, 5.74) is 0. The second-order valence-electron chi connectivity index (χ2n) is 6.86. The van der Waals surface area contributed by atoms with Crippen molar-refractivity contribution in [2.24, 2.45) is 0 Å². The van der Waals surface area contributed by atoms with Gasteiger partial charge in [-0.2, -0.15) is 0 Å². The number of rotatable bonds is 12. The number of thiophene rings is 3. The van der Waals surface area contributed by atoms with Crippen molar-refractivity contribution in [3.63, 3.8) is 0 Å². The van der Waals surface area contributed by atoms with Crippen molar-refractivity contribution in [3.05, 3.63) is 46.2 Å². The molecule has 3 heterocycles. The SMILES string of the molecule is CCCOC(=O)COCCOCCOC.Cc1ccc(-c2ccc(-c3ccc(C)s3)s2)s1. The van der Waals surface area contributed by atoms with Crippen molar-refractivity contribution in [3.8, 4) is 19.5 Å². The molecule has 0 bridgehead atoms. The zero-order valence-corrected chi connectivity index (χ0v) is 21.6. The molecule has 3 rings (SSSR count). The predicted octanol–water partition coefficient (Wildman–Crippen LogP) is 6.44. The molecule has 0 aliphatic rings. The third kappa shape index (κ3) is 9.94. The van der Waals surface area contributed by atoms with Crippen LogP contribution in [0, 0.1) is 13.8 Å². The number of carbonyl (C=O) groups is 1. The maximum atomic E-state index is 10.9. The lowest BCUT2D eigenvalue weighted by atomic mass is 10.3.